The van der Waals surface area contributed by atoms with Crippen molar-refractivity contribution in [2.75, 3.05) is 18.4 Å². The molecule has 1 aliphatic heterocycles. The number of amides is 2. The number of anilines is 1. The molecule has 5 nitrogen and oxygen atoms in total. The predicted octanol–water partition coefficient (Wildman–Crippen LogP) is 2.98. The number of hydrogen-bond acceptors (Lipinski definition) is 2. The molecule has 2 amide bonds. The van der Waals surface area contributed by atoms with E-state index < -0.39 is 5.97 Å². The normalized spacial score (nSPS) is 16.0. The molecule has 0 atom stereocenters. The number of rotatable bonds is 2. The Morgan fingerprint density at radius 3 is 2.60 bits per heavy atom. The van der Waals surface area contributed by atoms with Crippen molar-refractivity contribution in [3.8, 4) is 0 Å². The standard InChI is InChI=1S/C14H17ClN2O3/c1-9-2-3-11(15)12(8-9)16-14(20)17-6-4-10(5-7-17)13(18)19/h2-3,8,10H,4-7H2,1H3,(H,16,20)(H,18,19). The summed E-state index contributed by atoms with van der Waals surface area (Å²) >= 11 is 6.03. The van der Waals surface area contributed by atoms with Crippen molar-refractivity contribution < 1.29 is 14.7 Å². The number of halogens is 1. The van der Waals surface area contributed by atoms with Crippen molar-refractivity contribution in [1.29, 1.82) is 0 Å². The van der Waals surface area contributed by atoms with Crippen molar-refractivity contribution >= 4 is 29.3 Å². The summed E-state index contributed by atoms with van der Waals surface area (Å²) in [5, 5.41) is 12.2. The Morgan fingerprint density at radius 1 is 1.35 bits per heavy atom. The zero-order valence-corrected chi connectivity index (χ0v) is 12.0. The number of nitrogens with one attached hydrogen (secondary N) is 1. The van der Waals surface area contributed by atoms with Crippen LogP contribution < -0.4 is 5.32 Å². The molecule has 2 N–H and O–H groups in total. The highest BCUT2D eigenvalue weighted by Crippen LogP contribution is 2.24. The fourth-order valence-electron chi connectivity index (χ4n) is 2.26. The first kappa shape index (κ1) is 14.7. The minimum absolute atomic E-state index is 0.235. The van der Waals surface area contributed by atoms with Crippen LogP contribution in [0.3, 0.4) is 0 Å². The number of hydrogen-bond donors (Lipinski definition) is 2. The number of aryl methyl sites for hydroxylation is 1. The maximum absolute atomic E-state index is 12.1. The lowest BCUT2D eigenvalue weighted by Gasteiger charge is -2.30. The molecule has 1 saturated heterocycles. The van der Waals surface area contributed by atoms with Crippen LogP contribution >= 0.6 is 11.6 Å². The molecule has 0 saturated carbocycles. The number of aliphatic carboxylic acids is 1. The first-order chi connectivity index (χ1) is 9.47. The van der Waals surface area contributed by atoms with E-state index in [1.807, 2.05) is 19.1 Å². The Hall–Kier alpha value is -1.75. The fourth-order valence-corrected chi connectivity index (χ4v) is 2.42. The molecule has 0 spiro atoms. The monoisotopic (exact) mass is 296 g/mol. The van der Waals surface area contributed by atoms with Gasteiger partial charge < -0.3 is 15.3 Å². The minimum atomic E-state index is -0.785. The van der Waals surface area contributed by atoms with Gasteiger partial charge in [-0.25, -0.2) is 4.79 Å². The minimum Gasteiger partial charge on any atom is -0.481 e. The average molecular weight is 297 g/mol. The Balaban J connectivity index is 1.96. The van der Waals surface area contributed by atoms with Crippen molar-refractivity contribution in [1.82, 2.24) is 4.90 Å². The van der Waals surface area contributed by atoms with Gasteiger partial charge in [0.15, 0.2) is 0 Å². The smallest absolute Gasteiger partial charge is 0.321 e. The van der Waals surface area contributed by atoms with E-state index in [1.165, 1.54) is 0 Å². The van der Waals surface area contributed by atoms with Crippen molar-refractivity contribution in [2.24, 2.45) is 5.92 Å². The largest absolute Gasteiger partial charge is 0.481 e. The van der Waals surface area contributed by atoms with Gasteiger partial charge in [0.1, 0.15) is 0 Å². The highest BCUT2D eigenvalue weighted by Gasteiger charge is 2.27. The summed E-state index contributed by atoms with van der Waals surface area (Å²) in [6, 6.07) is 5.19. The molecule has 20 heavy (non-hydrogen) atoms. The van der Waals surface area contributed by atoms with Crippen LogP contribution in [0.1, 0.15) is 18.4 Å². The third-order valence-electron chi connectivity index (χ3n) is 3.49. The number of nitrogens with zero attached hydrogens (tertiary/aromatic N) is 1. The number of likely N-dealkylation sites (tertiary alicyclic amines) is 1. The second-order valence-corrected chi connectivity index (χ2v) is 5.42. The fraction of sp³-hybridized carbons (Fsp3) is 0.429. The zero-order valence-electron chi connectivity index (χ0n) is 11.2. The molecule has 6 heteroatoms. The van der Waals surface area contributed by atoms with Crippen LogP contribution in [-0.4, -0.2) is 35.1 Å². The molecule has 1 heterocycles. The van der Waals surface area contributed by atoms with Gasteiger partial charge in [-0.2, -0.15) is 0 Å². The van der Waals surface area contributed by atoms with E-state index in [0.29, 0.717) is 36.6 Å². The van der Waals surface area contributed by atoms with Crippen LogP contribution in [-0.2, 0) is 4.79 Å². The van der Waals surface area contributed by atoms with E-state index in [9.17, 15) is 9.59 Å². The zero-order chi connectivity index (χ0) is 14.7. The Labute approximate surface area is 122 Å². The van der Waals surface area contributed by atoms with E-state index in [-0.39, 0.29) is 11.9 Å². The number of carbonyl (C=O) groups is 2. The molecule has 1 aliphatic rings. The van der Waals surface area contributed by atoms with Crippen LogP contribution in [0.5, 0.6) is 0 Å². The van der Waals surface area contributed by atoms with Gasteiger partial charge in [0.25, 0.3) is 0 Å². The molecule has 0 radical (unpaired) electrons. The molecule has 1 aromatic rings. The molecule has 0 bridgehead atoms. The average Bonchev–Trinajstić information content (AvgIpc) is 2.43. The molecule has 0 aliphatic carbocycles. The van der Waals surface area contributed by atoms with E-state index >= 15 is 0 Å². The third kappa shape index (κ3) is 3.42. The van der Waals surface area contributed by atoms with Gasteiger partial charge in [0, 0.05) is 13.1 Å². The number of urea groups is 1. The molecule has 1 aromatic carbocycles. The van der Waals surface area contributed by atoms with Crippen LogP contribution in [0, 0.1) is 12.8 Å². The van der Waals surface area contributed by atoms with E-state index in [4.69, 9.17) is 16.7 Å². The molecule has 0 unspecified atom stereocenters. The van der Waals surface area contributed by atoms with Gasteiger partial charge >= 0.3 is 12.0 Å². The maximum atomic E-state index is 12.1. The Morgan fingerprint density at radius 2 is 2.00 bits per heavy atom. The van der Waals surface area contributed by atoms with E-state index in [2.05, 4.69) is 5.32 Å². The molecule has 0 aromatic heterocycles. The van der Waals surface area contributed by atoms with Crippen molar-refractivity contribution in [2.45, 2.75) is 19.8 Å². The lowest BCUT2D eigenvalue weighted by Crippen LogP contribution is -2.42. The molecular weight excluding hydrogens is 280 g/mol. The third-order valence-corrected chi connectivity index (χ3v) is 3.82. The topological polar surface area (TPSA) is 69.6 Å². The maximum Gasteiger partial charge on any atom is 0.321 e. The predicted molar refractivity (Wildman–Crippen MR) is 77.1 cm³/mol. The highest BCUT2D eigenvalue weighted by molar-refractivity contribution is 6.33. The Kier molecular flexibility index (Phi) is 4.49. The molecule has 1 fully saturated rings. The summed E-state index contributed by atoms with van der Waals surface area (Å²) in [5.74, 6) is -1.13. The summed E-state index contributed by atoms with van der Waals surface area (Å²) in [4.78, 5) is 24.6. The van der Waals surface area contributed by atoms with Crippen LogP contribution in [0.2, 0.25) is 5.02 Å². The molecule has 108 valence electrons. The van der Waals surface area contributed by atoms with Crippen LogP contribution in [0.15, 0.2) is 18.2 Å². The lowest BCUT2D eigenvalue weighted by molar-refractivity contribution is -0.143. The number of carboxylic acid groups (broad SMARTS) is 1. The number of carbonyl (C=O) groups excluding carboxylic acids is 1. The lowest BCUT2D eigenvalue weighted by atomic mass is 9.97. The summed E-state index contributed by atoms with van der Waals surface area (Å²) in [7, 11) is 0. The van der Waals surface area contributed by atoms with Gasteiger partial charge in [-0.15, -0.1) is 0 Å². The summed E-state index contributed by atoms with van der Waals surface area (Å²) < 4.78 is 0. The van der Waals surface area contributed by atoms with Crippen molar-refractivity contribution in [3.63, 3.8) is 0 Å². The second kappa shape index (κ2) is 6.13. The van der Waals surface area contributed by atoms with Gasteiger partial charge in [-0.05, 0) is 37.5 Å². The highest BCUT2D eigenvalue weighted by atomic mass is 35.5. The second-order valence-electron chi connectivity index (χ2n) is 5.01. The van der Waals surface area contributed by atoms with Gasteiger partial charge in [0.05, 0.1) is 16.6 Å². The summed E-state index contributed by atoms with van der Waals surface area (Å²) in [6.07, 6.45) is 0.981. The summed E-state index contributed by atoms with van der Waals surface area (Å²) in [5.41, 5.74) is 1.59. The van der Waals surface area contributed by atoms with Crippen molar-refractivity contribution in [3.05, 3.63) is 28.8 Å². The summed E-state index contributed by atoms with van der Waals surface area (Å²) in [6.45, 7) is 2.82. The number of carboxylic acids is 1. The Bertz CT molecular complexity index is 525. The SMILES string of the molecule is Cc1ccc(Cl)c(NC(=O)N2CCC(C(=O)O)CC2)c1. The van der Waals surface area contributed by atoms with Gasteiger partial charge in [-0.1, -0.05) is 17.7 Å². The van der Waals surface area contributed by atoms with E-state index in [0.717, 1.165) is 5.56 Å². The number of benzene rings is 1. The quantitative estimate of drug-likeness (QED) is 0.881. The number of piperidine rings is 1. The van der Waals surface area contributed by atoms with Gasteiger partial charge in [-0.3, -0.25) is 4.79 Å². The molecular formula is C14H17ClN2O3. The molecule has 2 rings (SSSR count). The van der Waals surface area contributed by atoms with Crippen LogP contribution in [0.4, 0.5) is 10.5 Å². The first-order valence-corrected chi connectivity index (χ1v) is 6.90. The first-order valence-electron chi connectivity index (χ1n) is 6.52. The van der Waals surface area contributed by atoms with Gasteiger partial charge in [0.2, 0.25) is 0 Å². The van der Waals surface area contributed by atoms with E-state index in [1.54, 1.807) is 11.0 Å². The van der Waals surface area contributed by atoms with Crippen LogP contribution in [0.25, 0.3) is 0 Å².